The molecule has 0 N–H and O–H groups in total. The van der Waals surface area contributed by atoms with E-state index < -0.39 is 0 Å². The molecule has 0 aromatic carbocycles. The monoisotopic (exact) mass is 303 g/mol. The van der Waals surface area contributed by atoms with Gasteiger partial charge in [-0.15, -0.1) is 5.10 Å². The highest BCUT2D eigenvalue weighted by molar-refractivity contribution is 9.08. The molecule has 86 valence electrons. The molecule has 5 nitrogen and oxygen atoms in total. The molecule has 0 spiro atoms. The lowest BCUT2D eigenvalue weighted by Gasteiger charge is -2.01. The highest BCUT2D eigenvalue weighted by Gasteiger charge is 2.12. The van der Waals surface area contributed by atoms with Gasteiger partial charge in [-0.2, -0.15) is 5.10 Å². The van der Waals surface area contributed by atoms with Crippen LogP contribution in [0.3, 0.4) is 0 Å². The van der Waals surface area contributed by atoms with Crippen LogP contribution in [0.1, 0.15) is 17.1 Å². The Bertz CT molecular complexity index is 504. The third-order valence-corrected chi connectivity index (χ3v) is 3.36. The van der Waals surface area contributed by atoms with Crippen LogP contribution in [0, 0.1) is 6.92 Å². The van der Waals surface area contributed by atoms with Gasteiger partial charge >= 0.3 is 0 Å². The topological polar surface area (TPSA) is 48.5 Å². The lowest BCUT2D eigenvalue weighted by atomic mass is 10.3. The van der Waals surface area contributed by atoms with Gasteiger partial charge in [-0.05, 0) is 6.92 Å². The standard InChI is InChI=1S/C9H11BrClN5/c1-6-9(11)8(15(2)13-6)5-16-4-7(3-10)12-14-16/h4H,3,5H2,1-2H3. The second kappa shape index (κ2) is 4.55. The summed E-state index contributed by atoms with van der Waals surface area (Å²) < 4.78 is 3.52. The smallest absolute Gasteiger partial charge is 0.0932 e. The van der Waals surface area contributed by atoms with Gasteiger partial charge in [0.05, 0.1) is 28.6 Å². The third-order valence-electron chi connectivity index (χ3n) is 2.30. The zero-order valence-electron chi connectivity index (χ0n) is 8.98. The van der Waals surface area contributed by atoms with Crippen LogP contribution < -0.4 is 0 Å². The van der Waals surface area contributed by atoms with E-state index in [0.29, 0.717) is 16.9 Å². The first-order valence-corrected chi connectivity index (χ1v) is 6.24. The first-order chi connectivity index (χ1) is 7.61. The highest BCUT2D eigenvalue weighted by atomic mass is 79.9. The zero-order chi connectivity index (χ0) is 11.7. The van der Waals surface area contributed by atoms with Crippen LogP contribution in [0.2, 0.25) is 5.02 Å². The Kier molecular flexibility index (Phi) is 3.30. The molecular weight excluding hydrogens is 293 g/mol. The molecule has 16 heavy (non-hydrogen) atoms. The number of rotatable bonds is 3. The van der Waals surface area contributed by atoms with E-state index >= 15 is 0 Å². The minimum absolute atomic E-state index is 0.580. The fourth-order valence-electron chi connectivity index (χ4n) is 1.48. The van der Waals surface area contributed by atoms with Gasteiger partial charge in [-0.25, -0.2) is 4.68 Å². The second-order valence-electron chi connectivity index (χ2n) is 3.51. The number of halogens is 2. The van der Waals surface area contributed by atoms with Crippen LogP contribution in [0.25, 0.3) is 0 Å². The van der Waals surface area contributed by atoms with Crippen molar-refractivity contribution < 1.29 is 0 Å². The lowest BCUT2D eigenvalue weighted by Crippen LogP contribution is -2.06. The van der Waals surface area contributed by atoms with Crippen LogP contribution in [-0.2, 0) is 18.9 Å². The second-order valence-corrected chi connectivity index (χ2v) is 4.45. The van der Waals surface area contributed by atoms with Crippen molar-refractivity contribution in [1.82, 2.24) is 24.8 Å². The minimum Gasteiger partial charge on any atom is -0.269 e. The van der Waals surface area contributed by atoms with Gasteiger partial charge < -0.3 is 0 Å². The summed E-state index contributed by atoms with van der Waals surface area (Å²) in [5, 5.41) is 13.6. The summed E-state index contributed by atoms with van der Waals surface area (Å²) in [6.07, 6.45) is 1.88. The SMILES string of the molecule is Cc1nn(C)c(Cn2cc(CBr)nn2)c1Cl. The normalized spacial score (nSPS) is 11.0. The summed E-state index contributed by atoms with van der Waals surface area (Å²) in [7, 11) is 1.87. The molecule has 2 rings (SSSR count). The fourth-order valence-corrected chi connectivity index (χ4v) is 1.96. The molecule has 0 saturated heterocycles. The van der Waals surface area contributed by atoms with E-state index in [9.17, 15) is 0 Å². The fraction of sp³-hybridized carbons (Fsp3) is 0.444. The molecule has 0 aliphatic rings. The van der Waals surface area contributed by atoms with E-state index in [4.69, 9.17) is 11.6 Å². The number of aryl methyl sites for hydroxylation is 2. The molecule has 0 aliphatic heterocycles. The first kappa shape index (κ1) is 11.6. The van der Waals surface area contributed by atoms with Crippen LogP contribution in [0.4, 0.5) is 0 Å². The van der Waals surface area contributed by atoms with Crippen molar-refractivity contribution in [3.8, 4) is 0 Å². The van der Waals surface area contributed by atoms with Gasteiger partial charge in [0.15, 0.2) is 0 Å². The largest absolute Gasteiger partial charge is 0.269 e. The van der Waals surface area contributed by atoms with Gasteiger partial charge in [0.25, 0.3) is 0 Å². The average Bonchev–Trinajstić information content (AvgIpc) is 2.80. The Labute approximate surface area is 107 Å². The predicted octanol–water partition coefficient (Wildman–Crippen LogP) is 1.92. The Morgan fingerprint density at radius 3 is 2.75 bits per heavy atom. The lowest BCUT2D eigenvalue weighted by molar-refractivity contribution is 0.599. The summed E-state index contributed by atoms with van der Waals surface area (Å²) in [6.45, 7) is 2.47. The molecule has 0 radical (unpaired) electrons. The molecule has 0 aliphatic carbocycles. The van der Waals surface area contributed by atoms with Crippen LogP contribution in [0.5, 0.6) is 0 Å². The van der Waals surface area contributed by atoms with Crippen molar-refractivity contribution in [2.75, 3.05) is 0 Å². The molecule has 0 fully saturated rings. The van der Waals surface area contributed by atoms with Gasteiger partial charge in [-0.3, -0.25) is 4.68 Å². The summed E-state index contributed by atoms with van der Waals surface area (Å²) >= 11 is 9.48. The Morgan fingerprint density at radius 2 is 2.25 bits per heavy atom. The maximum Gasteiger partial charge on any atom is 0.0932 e. The Hall–Kier alpha value is -0.880. The van der Waals surface area contributed by atoms with Crippen LogP contribution >= 0.6 is 27.5 Å². The molecule has 7 heteroatoms. The summed E-state index contributed by atoms with van der Waals surface area (Å²) in [6, 6.07) is 0. The van der Waals surface area contributed by atoms with E-state index in [-0.39, 0.29) is 0 Å². The number of hydrogen-bond acceptors (Lipinski definition) is 3. The predicted molar refractivity (Wildman–Crippen MR) is 64.7 cm³/mol. The molecule has 0 saturated carbocycles. The van der Waals surface area contributed by atoms with E-state index in [1.807, 2.05) is 20.2 Å². The first-order valence-electron chi connectivity index (χ1n) is 4.74. The molecule has 0 atom stereocenters. The Balaban J connectivity index is 2.26. The van der Waals surface area contributed by atoms with Crippen LogP contribution in [-0.4, -0.2) is 24.8 Å². The van der Waals surface area contributed by atoms with Gasteiger partial charge in [0, 0.05) is 18.6 Å². The summed E-state index contributed by atoms with van der Waals surface area (Å²) in [4.78, 5) is 0. The van der Waals surface area contributed by atoms with Crippen molar-refractivity contribution in [3.63, 3.8) is 0 Å². The van der Waals surface area contributed by atoms with Crippen molar-refractivity contribution in [3.05, 3.63) is 28.3 Å². The van der Waals surface area contributed by atoms with E-state index in [2.05, 4.69) is 31.3 Å². The minimum atomic E-state index is 0.580. The van der Waals surface area contributed by atoms with E-state index in [0.717, 1.165) is 17.1 Å². The van der Waals surface area contributed by atoms with Crippen molar-refractivity contribution in [1.29, 1.82) is 0 Å². The molecule has 0 amide bonds. The van der Waals surface area contributed by atoms with Crippen molar-refractivity contribution in [2.24, 2.45) is 7.05 Å². The molecule has 0 unspecified atom stereocenters. The van der Waals surface area contributed by atoms with Gasteiger partial charge in [-0.1, -0.05) is 32.7 Å². The molecule has 2 aromatic heterocycles. The maximum atomic E-state index is 6.15. The zero-order valence-corrected chi connectivity index (χ0v) is 11.3. The summed E-state index contributed by atoms with van der Waals surface area (Å²) in [5.41, 5.74) is 2.67. The number of hydrogen-bond donors (Lipinski definition) is 0. The number of aromatic nitrogens is 5. The summed E-state index contributed by atoms with van der Waals surface area (Å²) in [5.74, 6) is 0. The van der Waals surface area contributed by atoms with E-state index in [1.165, 1.54) is 0 Å². The molecular formula is C9H11BrClN5. The maximum absolute atomic E-state index is 6.15. The Morgan fingerprint density at radius 1 is 1.50 bits per heavy atom. The number of alkyl halides is 1. The highest BCUT2D eigenvalue weighted by Crippen LogP contribution is 2.20. The number of nitrogens with zero attached hydrogens (tertiary/aromatic N) is 5. The van der Waals surface area contributed by atoms with E-state index in [1.54, 1.807) is 9.36 Å². The van der Waals surface area contributed by atoms with Crippen molar-refractivity contribution >= 4 is 27.5 Å². The third kappa shape index (κ3) is 2.12. The van der Waals surface area contributed by atoms with Gasteiger partial charge in [0.1, 0.15) is 0 Å². The quantitative estimate of drug-likeness (QED) is 0.814. The van der Waals surface area contributed by atoms with Crippen molar-refractivity contribution in [2.45, 2.75) is 18.8 Å². The molecule has 0 bridgehead atoms. The average molecular weight is 305 g/mol. The van der Waals surface area contributed by atoms with Gasteiger partial charge in [0.2, 0.25) is 0 Å². The molecule has 2 heterocycles. The van der Waals surface area contributed by atoms with Crippen LogP contribution in [0.15, 0.2) is 6.20 Å². The molecule has 2 aromatic rings.